The predicted molar refractivity (Wildman–Crippen MR) is 172 cm³/mol. The van der Waals surface area contributed by atoms with Crippen LogP contribution in [0.2, 0.25) is 0 Å². The third-order valence-electron chi connectivity index (χ3n) is 8.75. The Morgan fingerprint density at radius 2 is 0.650 bits per heavy atom. The van der Waals surface area contributed by atoms with Gasteiger partial charge in [-0.1, -0.05) is 146 Å². The molecule has 0 N–H and O–H groups in total. The molecule has 9 rings (SSSR count). The van der Waals surface area contributed by atoms with Gasteiger partial charge >= 0.3 is 0 Å². The molecule has 1 aliphatic carbocycles. The van der Waals surface area contributed by atoms with Crippen molar-refractivity contribution in [1.29, 1.82) is 0 Å². The van der Waals surface area contributed by atoms with E-state index in [0.29, 0.717) is 0 Å². The van der Waals surface area contributed by atoms with Crippen molar-refractivity contribution in [3.63, 3.8) is 0 Å². The molecule has 0 radical (unpaired) electrons. The summed E-state index contributed by atoms with van der Waals surface area (Å²) in [6, 6.07) is 53.6. The standard InChI is InChI=1S/C40H24/c1-3-13-26(14-4-1)35-37-30-21-9-7-19-28(30)29-20-8-10-22-31(29)38(37)36(27-15-5-2-6-16-27)40-33-24-12-18-25-17-11-23-32(34(25)33)39(35)40/h1-24H. The maximum absolute atomic E-state index is 2.33. The molecule has 40 heavy (non-hydrogen) atoms. The zero-order valence-electron chi connectivity index (χ0n) is 21.9. The van der Waals surface area contributed by atoms with Crippen LogP contribution in [-0.2, 0) is 0 Å². The van der Waals surface area contributed by atoms with E-state index in [-0.39, 0.29) is 0 Å². The molecule has 0 bridgehead atoms. The zero-order valence-corrected chi connectivity index (χ0v) is 21.9. The molecule has 1 aliphatic rings. The molecular formula is C40H24. The van der Waals surface area contributed by atoms with Gasteiger partial charge in [-0.2, -0.15) is 0 Å². The van der Waals surface area contributed by atoms with Crippen LogP contribution in [0, 0.1) is 0 Å². The molecule has 8 aromatic carbocycles. The van der Waals surface area contributed by atoms with Crippen LogP contribution in [0.3, 0.4) is 0 Å². The predicted octanol–water partition coefficient (Wildman–Crippen LogP) is 11.3. The van der Waals surface area contributed by atoms with Gasteiger partial charge in [-0.25, -0.2) is 0 Å². The van der Waals surface area contributed by atoms with Gasteiger partial charge in [0.2, 0.25) is 0 Å². The van der Waals surface area contributed by atoms with E-state index in [2.05, 4.69) is 146 Å². The summed E-state index contributed by atoms with van der Waals surface area (Å²) in [5.74, 6) is 0. The summed E-state index contributed by atoms with van der Waals surface area (Å²) in [7, 11) is 0. The minimum Gasteiger partial charge on any atom is -0.0622 e. The van der Waals surface area contributed by atoms with Crippen LogP contribution >= 0.6 is 0 Å². The van der Waals surface area contributed by atoms with Gasteiger partial charge in [-0.15, -0.1) is 0 Å². The van der Waals surface area contributed by atoms with Crippen molar-refractivity contribution in [3.8, 4) is 44.5 Å². The van der Waals surface area contributed by atoms with E-state index in [1.165, 1.54) is 87.6 Å². The molecule has 0 atom stereocenters. The molecule has 0 heterocycles. The topological polar surface area (TPSA) is 0 Å². The van der Waals surface area contributed by atoms with Gasteiger partial charge in [-0.05, 0) is 87.6 Å². The maximum Gasteiger partial charge on any atom is -0.000719 e. The molecule has 0 fully saturated rings. The molecule has 0 aromatic heterocycles. The zero-order chi connectivity index (χ0) is 26.2. The molecule has 8 aromatic rings. The van der Waals surface area contributed by atoms with Gasteiger partial charge in [0.1, 0.15) is 0 Å². The highest BCUT2D eigenvalue weighted by molar-refractivity contribution is 6.37. The number of hydrogen-bond acceptors (Lipinski definition) is 0. The Labute approximate surface area is 232 Å². The first-order chi connectivity index (χ1) is 19.9. The first-order valence-electron chi connectivity index (χ1n) is 14.0. The summed E-state index contributed by atoms with van der Waals surface area (Å²) in [4.78, 5) is 0. The molecule has 0 aliphatic heterocycles. The third kappa shape index (κ3) is 2.80. The van der Waals surface area contributed by atoms with Crippen molar-refractivity contribution in [3.05, 3.63) is 146 Å². The van der Waals surface area contributed by atoms with Gasteiger partial charge in [-0.3, -0.25) is 0 Å². The van der Waals surface area contributed by atoms with Crippen molar-refractivity contribution < 1.29 is 0 Å². The van der Waals surface area contributed by atoms with Crippen molar-refractivity contribution in [2.75, 3.05) is 0 Å². The molecule has 0 unspecified atom stereocenters. The largest absolute Gasteiger partial charge is 0.0622 e. The third-order valence-corrected chi connectivity index (χ3v) is 8.75. The second-order valence-corrected chi connectivity index (χ2v) is 10.8. The summed E-state index contributed by atoms with van der Waals surface area (Å²) in [5, 5.41) is 10.5. The molecule has 0 saturated carbocycles. The highest BCUT2D eigenvalue weighted by Crippen LogP contribution is 2.59. The maximum atomic E-state index is 2.33. The quantitative estimate of drug-likeness (QED) is 0.205. The average molecular weight is 505 g/mol. The lowest BCUT2D eigenvalue weighted by molar-refractivity contribution is 1.63. The lowest BCUT2D eigenvalue weighted by Crippen LogP contribution is -1.96. The van der Waals surface area contributed by atoms with Gasteiger partial charge < -0.3 is 0 Å². The molecule has 0 heteroatoms. The minimum atomic E-state index is 1.26. The van der Waals surface area contributed by atoms with E-state index >= 15 is 0 Å². The summed E-state index contributed by atoms with van der Waals surface area (Å²) >= 11 is 0. The molecule has 0 nitrogen and oxygen atoms in total. The summed E-state index contributed by atoms with van der Waals surface area (Å²) < 4.78 is 0. The smallest absolute Gasteiger partial charge is 0.000719 e. The fourth-order valence-corrected chi connectivity index (χ4v) is 7.24. The Bertz CT molecular complexity index is 2130. The lowest BCUT2D eigenvalue weighted by atomic mass is 9.79. The van der Waals surface area contributed by atoms with Crippen molar-refractivity contribution >= 4 is 43.1 Å². The Hall–Kier alpha value is -5.20. The van der Waals surface area contributed by atoms with Crippen LogP contribution in [-0.4, -0.2) is 0 Å². The summed E-state index contributed by atoms with van der Waals surface area (Å²) in [6.45, 7) is 0. The average Bonchev–Trinajstić information content (AvgIpc) is 3.36. The first kappa shape index (κ1) is 21.7. The van der Waals surface area contributed by atoms with Gasteiger partial charge in [0.15, 0.2) is 0 Å². The van der Waals surface area contributed by atoms with Crippen LogP contribution in [0.15, 0.2) is 146 Å². The van der Waals surface area contributed by atoms with E-state index in [9.17, 15) is 0 Å². The van der Waals surface area contributed by atoms with E-state index in [0.717, 1.165) is 0 Å². The molecule has 184 valence electrons. The van der Waals surface area contributed by atoms with Crippen LogP contribution < -0.4 is 0 Å². The summed E-state index contributed by atoms with van der Waals surface area (Å²) in [5.41, 5.74) is 10.5. The second-order valence-electron chi connectivity index (χ2n) is 10.8. The van der Waals surface area contributed by atoms with Gasteiger partial charge in [0.05, 0.1) is 0 Å². The Morgan fingerprint density at radius 1 is 0.250 bits per heavy atom. The molecule has 0 spiro atoms. The number of benzene rings is 8. The van der Waals surface area contributed by atoms with Crippen LogP contribution in [0.25, 0.3) is 87.6 Å². The minimum absolute atomic E-state index is 1.26. The first-order valence-corrected chi connectivity index (χ1v) is 14.0. The Kier molecular flexibility index (Phi) is 4.42. The molecule has 0 saturated heterocycles. The van der Waals surface area contributed by atoms with Crippen LogP contribution in [0.4, 0.5) is 0 Å². The van der Waals surface area contributed by atoms with Gasteiger partial charge in [0, 0.05) is 0 Å². The molecular weight excluding hydrogens is 480 g/mol. The monoisotopic (exact) mass is 504 g/mol. The Balaban J connectivity index is 1.68. The van der Waals surface area contributed by atoms with Crippen LogP contribution in [0.1, 0.15) is 0 Å². The van der Waals surface area contributed by atoms with E-state index in [1.54, 1.807) is 0 Å². The number of hydrogen-bond donors (Lipinski definition) is 0. The fourth-order valence-electron chi connectivity index (χ4n) is 7.24. The number of fused-ring (bicyclic) bond motifs is 9. The second kappa shape index (κ2) is 8.15. The van der Waals surface area contributed by atoms with Gasteiger partial charge in [0.25, 0.3) is 0 Å². The lowest BCUT2D eigenvalue weighted by Gasteiger charge is -2.23. The number of rotatable bonds is 2. The molecule has 0 amide bonds. The van der Waals surface area contributed by atoms with E-state index < -0.39 is 0 Å². The van der Waals surface area contributed by atoms with Crippen molar-refractivity contribution in [1.82, 2.24) is 0 Å². The Morgan fingerprint density at radius 3 is 1.10 bits per heavy atom. The summed E-state index contributed by atoms with van der Waals surface area (Å²) in [6.07, 6.45) is 0. The van der Waals surface area contributed by atoms with Crippen molar-refractivity contribution in [2.24, 2.45) is 0 Å². The SMILES string of the molecule is c1ccc(-c2c3c(c(-c4ccccc4)c4c5ccccc5c5ccccc5c24)-c2cccc4cccc-3c24)cc1. The van der Waals surface area contributed by atoms with Crippen LogP contribution in [0.5, 0.6) is 0 Å². The van der Waals surface area contributed by atoms with E-state index in [1.807, 2.05) is 0 Å². The fraction of sp³-hybridized carbons (Fsp3) is 0. The highest BCUT2D eigenvalue weighted by Gasteiger charge is 2.31. The normalized spacial score (nSPS) is 12.0. The van der Waals surface area contributed by atoms with Crippen molar-refractivity contribution in [2.45, 2.75) is 0 Å². The highest BCUT2D eigenvalue weighted by atomic mass is 14.3. The van der Waals surface area contributed by atoms with E-state index in [4.69, 9.17) is 0 Å².